The maximum Gasteiger partial charge on any atom is 0.0684 e. The molecule has 2 nitrogen and oxygen atoms in total. The van der Waals surface area contributed by atoms with E-state index in [1.807, 2.05) is 18.2 Å². The predicted molar refractivity (Wildman–Crippen MR) is 62.0 cm³/mol. The number of anilines is 1. The first-order chi connectivity index (χ1) is 6.09. The van der Waals surface area contributed by atoms with Gasteiger partial charge < -0.3 is 10.4 Å². The molecule has 1 rings (SSSR count). The minimum absolute atomic E-state index is 0.337. The van der Waals surface area contributed by atoms with Crippen LogP contribution in [0, 0.1) is 0 Å². The van der Waals surface area contributed by atoms with Gasteiger partial charge in [0, 0.05) is 21.2 Å². The number of aliphatic hydroxyl groups excluding tert-OH is 1. The molecule has 4 heteroatoms. The van der Waals surface area contributed by atoms with Crippen LogP contribution in [0.3, 0.4) is 0 Å². The van der Waals surface area contributed by atoms with Gasteiger partial charge >= 0.3 is 0 Å². The molecule has 0 saturated carbocycles. The van der Waals surface area contributed by atoms with Gasteiger partial charge in [-0.2, -0.15) is 0 Å². The number of aliphatic hydroxyl groups is 1. The molecule has 13 heavy (non-hydrogen) atoms. The van der Waals surface area contributed by atoms with E-state index in [0.29, 0.717) is 6.54 Å². The summed E-state index contributed by atoms with van der Waals surface area (Å²) >= 11 is 6.79. The Labute approximate surface area is 94.6 Å². The lowest BCUT2D eigenvalue weighted by Gasteiger charge is -2.10. The van der Waals surface area contributed by atoms with Crippen LogP contribution in [0.5, 0.6) is 0 Å². The van der Waals surface area contributed by atoms with Gasteiger partial charge in [0.25, 0.3) is 0 Å². The van der Waals surface area contributed by atoms with E-state index in [9.17, 15) is 0 Å². The van der Waals surface area contributed by atoms with Crippen molar-refractivity contribution in [3.8, 4) is 0 Å². The number of nitrogens with one attached hydrogen (secondary N) is 1. The Kier molecular flexibility index (Phi) is 4.22. The Morgan fingerprint density at radius 2 is 2.15 bits per heavy atom. The molecule has 0 saturated heterocycles. The topological polar surface area (TPSA) is 32.3 Å². The van der Waals surface area contributed by atoms with Crippen molar-refractivity contribution in [3.63, 3.8) is 0 Å². The number of hydrogen-bond donors (Lipinski definition) is 2. The second-order valence-electron chi connectivity index (χ2n) is 2.85. The average Bonchev–Trinajstić information content (AvgIpc) is 2.02. The van der Waals surface area contributed by atoms with Gasteiger partial charge in [-0.25, -0.2) is 0 Å². The van der Waals surface area contributed by atoms with Crippen molar-refractivity contribution in [2.24, 2.45) is 0 Å². The molecule has 1 aromatic rings. The first-order valence-corrected chi connectivity index (χ1v) is 5.55. The zero-order valence-corrected chi connectivity index (χ0v) is 10.4. The zero-order chi connectivity index (χ0) is 9.84. The standard InChI is InChI=1S/C9H11Br2NO/c1-6(13)5-12-9-3-2-7(10)4-8(9)11/h2-4,6,12-13H,5H2,1H3/t6-/m0/s1. The molecular formula is C9H11Br2NO. The summed E-state index contributed by atoms with van der Waals surface area (Å²) in [4.78, 5) is 0. The fourth-order valence-electron chi connectivity index (χ4n) is 0.891. The molecular weight excluding hydrogens is 298 g/mol. The Morgan fingerprint density at radius 3 is 2.69 bits per heavy atom. The van der Waals surface area contributed by atoms with Crippen molar-refractivity contribution < 1.29 is 5.11 Å². The highest BCUT2D eigenvalue weighted by molar-refractivity contribution is 9.11. The largest absolute Gasteiger partial charge is 0.392 e. The van der Waals surface area contributed by atoms with Gasteiger partial charge in [0.2, 0.25) is 0 Å². The summed E-state index contributed by atoms with van der Waals surface area (Å²) in [5.74, 6) is 0. The Hall–Kier alpha value is -0.0600. The summed E-state index contributed by atoms with van der Waals surface area (Å²) in [6, 6.07) is 5.87. The molecule has 1 aromatic carbocycles. The molecule has 0 aromatic heterocycles. The molecule has 0 unspecified atom stereocenters. The molecule has 0 aliphatic carbocycles. The number of rotatable bonds is 3. The van der Waals surface area contributed by atoms with Crippen LogP contribution in [-0.4, -0.2) is 17.8 Å². The van der Waals surface area contributed by atoms with Gasteiger partial charge in [-0.05, 0) is 41.1 Å². The summed E-state index contributed by atoms with van der Waals surface area (Å²) in [6.45, 7) is 2.31. The van der Waals surface area contributed by atoms with Gasteiger partial charge in [0.15, 0.2) is 0 Å². The van der Waals surface area contributed by atoms with E-state index in [1.165, 1.54) is 0 Å². The van der Waals surface area contributed by atoms with Gasteiger partial charge in [-0.15, -0.1) is 0 Å². The second kappa shape index (κ2) is 4.98. The Balaban J connectivity index is 2.67. The van der Waals surface area contributed by atoms with E-state index in [4.69, 9.17) is 5.11 Å². The SMILES string of the molecule is C[C@H](O)CNc1ccc(Br)cc1Br. The van der Waals surface area contributed by atoms with Gasteiger partial charge in [-0.3, -0.25) is 0 Å². The molecule has 1 atom stereocenters. The molecule has 0 bridgehead atoms. The van der Waals surface area contributed by atoms with Gasteiger partial charge in [0.1, 0.15) is 0 Å². The van der Waals surface area contributed by atoms with Crippen molar-refractivity contribution >= 4 is 37.5 Å². The van der Waals surface area contributed by atoms with Crippen LogP contribution >= 0.6 is 31.9 Å². The highest BCUT2D eigenvalue weighted by atomic mass is 79.9. The minimum atomic E-state index is -0.337. The van der Waals surface area contributed by atoms with Crippen molar-refractivity contribution in [1.82, 2.24) is 0 Å². The third-order valence-electron chi connectivity index (χ3n) is 1.52. The Bertz CT molecular complexity index is 289. The number of hydrogen-bond acceptors (Lipinski definition) is 2. The monoisotopic (exact) mass is 307 g/mol. The quantitative estimate of drug-likeness (QED) is 0.899. The van der Waals surface area contributed by atoms with Crippen LogP contribution in [-0.2, 0) is 0 Å². The lowest BCUT2D eigenvalue weighted by atomic mass is 10.3. The molecule has 0 radical (unpaired) electrons. The third kappa shape index (κ3) is 3.67. The van der Waals surface area contributed by atoms with Crippen LogP contribution in [0.2, 0.25) is 0 Å². The van der Waals surface area contributed by atoms with E-state index in [1.54, 1.807) is 6.92 Å². The molecule has 0 fully saturated rings. The van der Waals surface area contributed by atoms with Crippen LogP contribution in [0.4, 0.5) is 5.69 Å². The van der Waals surface area contributed by atoms with Crippen LogP contribution in [0.1, 0.15) is 6.92 Å². The van der Waals surface area contributed by atoms with Crippen molar-refractivity contribution in [2.45, 2.75) is 13.0 Å². The second-order valence-corrected chi connectivity index (χ2v) is 4.62. The first kappa shape index (κ1) is 11.0. The Morgan fingerprint density at radius 1 is 1.46 bits per heavy atom. The summed E-state index contributed by atoms with van der Waals surface area (Å²) in [7, 11) is 0. The van der Waals surface area contributed by atoms with Crippen LogP contribution < -0.4 is 5.32 Å². The number of halogens is 2. The fourth-order valence-corrected chi connectivity index (χ4v) is 2.08. The normalized spacial score (nSPS) is 12.6. The molecule has 0 aliphatic heterocycles. The summed E-state index contributed by atoms with van der Waals surface area (Å²) in [5, 5.41) is 12.2. The maximum atomic E-state index is 9.07. The van der Waals surface area contributed by atoms with E-state index in [2.05, 4.69) is 37.2 Å². The molecule has 72 valence electrons. The van der Waals surface area contributed by atoms with Gasteiger partial charge in [-0.1, -0.05) is 15.9 Å². The minimum Gasteiger partial charge on any atom is -0.392 e. The molecule has 0 spiro atoms. The fraction of sp³-hybridized carbons (Fsp3) is 0.333. The average molecular weight is 309 g/mol. The molecule has 0 amide bonds. The molecule has 2 N–H and O–H groups in total. The van der Waals surface area contributed by atoms with Crippen LogP contribution in [0.25, 0.3) is 0 Å². The predicted octanol–water partition coefficient (Wildman–Crippen LogP) is 3.00. The highest BCUT2D eigenvalue weighted by Gasteiger charge is 2.00. The van der Waals surface area contributed by atoms with Gasteiger partial charge in [0.05, 0.1) is 6.10 Å². The smallest absolute Gasteiger partial charge is 0.0684 e. The maximum absolute atomic E-state index is 9.07. The van der Waals surface area contributed by atoms with Crippen molar-refractivity contribution in [1.29, 1.82) is 0 Å². The third-order valence-corrected chi connectivity index (χ3v) is 2.67. The number of benzene rings is 1. The van der Waals surface area contributed by atoms with E-state index < -0.39 is 0 Å². The van der Waals surface area contributed by atoms with E-state index >= 15 is 0 Å². The molecule has 0 aliphatic rings. The van der Waals surface area contributed by atoms with Crippen molar-refractivity contribution in [2.75, 3.05) is 11.9 Å². The molecule has 0 heterocycles. The first-order valence-electron chi connectivity index (χ1n) is 3.96. The summed E-state index contributed by atoms with van der Waals surface area (Å²) < 4.78 is 2.02. The zero-order valence-electron chi connectivity index (χ0n) is 7.22. The summed E-state index contributed by atoms with van der Waals surface area (Å²) in [5.41, 5.74) is 0.990. The lowest BCUT2D eigenvalue weighted by molar-refractivity contribution is 0.208. The summed E-state index contributed by atoms with van der Waals surface area (Å²) in [6.07, 6.45) is -0.337. The van der Waals surface area contributed by atoms with E-state index in [0.717, 1.165) is 14.6 Å². The van der Waals surface area contributed by atoms with Crippen molar-refractivity contribution in [3.05, 3.63) is 27.1 Å². The van der Waals surface area contributed by atoms with Crippen LogP contribution in [0.15, 0.2) is 27.1 Å². The lowest BCUT2D eigenvalue weighted by Crippen LogP contribution is -2.15. The highest BCUT2D eigenvalue weighted by Crippen LogP contribution is 2.25. The van der Waals surface area contributed by atoms with E-state index in [-0.39, 0.29) is 6.10 Å².